The molecule has 0 atom stereocenters. The van der Waals surface area contributed by atoms with Crippen molar-refractivity contribution in [3.63, 3.8) is 0 Å². The van der Waals surface area contributed by atoms with Gasteiger partial charge in [-0.3, -0.25) is 10.7 Å². The number of anilines is 1. The summed E-state index contributed by atoms with van der Waals surface area (Å²) in [5.41, 5.74) is 6.16. The molecular weight excluding hydrogens is 334 g/mol. The molecule has 7 nitrogen and oxygen atoms in total. The Morgan fingerprint density at radius 1 is 0.962 bits per heavy atom. The van der Waals surface area contributed by atoms with Gasteiger partial charge in [0.25, 0.3) is 0 Å². The van der Waals surface area contributed by atoms with Crippen molar-refractivity contribution >= 4 is 23.6 Å². The van der Waals surface area contributed by atoms with Gasteiger partial charge < -0.3 is 15.2 Å². The Morgan fingerprint density at radius 3 is 2.00 bits per heavy atom. The summed E-state index contributed by atoms with van der Waals surface area (Å²) in [4.78, 5) is 23.9. The van der Waals surface area contributed by atoms with E-state index in [1.54, 1.807) is 69.3 Å². The molecule has 0 aliphatic rings. The maximum atomic E-state index is 12.2. The zero-order valence-corrected chi connectivity index (χ0v) is 14.8. The van der Waals surface area contributed by atoms with Crippen molar-refractivity contribution in [2.75, 3.05) is 5.32 Å². The second-order valence-electron chi connectivity index (χ2n) is 6.53. The van der Waals surface area contributed by atoms with Gasteiger partial charge in [-0.15, -0.1) is 0 Å². The van der Waals surface area contributed by atoms with Crippen LogP contribution in [-0.4, -0.2) is 23.5 Å². The maximum Gasteiger partial charge on any atom is 0.412 e. The number of carbonyl (C=O) groups is 2. The molecule has 7 heteroatoms. The van der Waals surface area contributed by atoms with Crippen molar-refractivity contribution in [2.24, 2.45) is 5.73 Å². The van der Waals surface area contributed by atoms with Crippen molar-refractivity contribution in [1.29, 1.82) is 5.41 Å². The number of hydrogen-bond donors (Lipinski definition) is 3. The van der Waals surface area contributed by atoms with E-state index < -0.39 is 17.7 Å². The first kappa shape index (κ1) is 19.0. The molecule has 0 radical (unpaired) electrons. The first-order valence-corrected chi connectivity index (χ1v) is 7.91. The minimum absolute atomic E-state index is 0.0593. The Hall–Kier alpha value is -3.35. The second-order valence-corrected chi connectivity index (χ2v) is 6.53. The van der Waals surface area contributed by atoms with Crippen LogP contribution in [0.2, 0.25) is 0 Å². The summed E-state index contributed by atoms with van der Waals surface area (Å²) in [6.07, 6.45) is -0.571. The fourth-order valence-electron chi connectivity index (χ4n) is 1.98. The number of hydrogen-bond acceptors (Lipinski definition) is 5. The van der Waals surface area contributed by atoms with E-state index in [-0.39, 0.29) is 5.84 Å². The van der Waals surface area contributed by atoms with E-state index in [0.29, 0.717) is 22.6 Å². The number of amidine groups is 1. The van der Waals surface area contributed by atoms with E-state index in [0.717, 1.165) is 0 Å². The molecule has 4 N–H and O–H groups in total. The molecule has 2 aromatic rings. The first-order chi connectivity index (χ1) is 12.1. The molecule has 26 heavy (non-hydrogen) atoms. The molecule has 0 spiro atoms. The predicted octanol–water partition coefficient (Wildman–Crippen LogP) is 3.54. The lowest BCUT2D eigenvalue weighted by Crippen LogP contribution is -2.27. The molecule has 2 rings (SSSR count). The number of amides is 1. The van der Waals surface area contributed by atoms with E-state index >= 15 is 0 Å². The van der Waals surface area contributed by atoms with Crippen LogP contribution in [0.5, 0.6) is 5.75 Å². The summed E-state index contributed by atoms with van der Waals surface area (Å²) in [5, 5.41) is 9.92. The van der Waals surface area contributed by atoms with Crippen LogP contribution >= 0.6 is 0 Å². The van der Waals surface area contributed by atoms with Gasteiger partial charge in [0.15, 0.2) is 0 Å². The summed E-state index contributed by atoms with van der Waals surface area (Å²) in [5.74, 6) is -0.253. The second kappa shape index (κ2) is 7.69. The van der Waals surface area contributed by atoms with Gasteiger partial charge in [-0.2, -0.15) is 0 Å². The lowest BCUT2D eigenvalue weighted by atomic mass is 10.2. The van der Waals surface area contributed by atoms with Gasteiger partial charge >= 0.3 is 12.1 Å². The number of nitrogen functional groups attached to an aromatic ring is 1. The van der Waals surface area contributed by atoms with Gasteiger partial charge in [0.1, 0.15) is 17.2 Å². The van der Waals surface area contributed by atoms with Gasteiger partial charge in [0.05, 0.1) is 5.56 Å². The van der Waals surface area contributed by atoms with Crippen LogP contribution in [0.15, 0.2) is 48.5 Å². The number of nitrogens with two attached hydrogens (primary N) is 1. The fourth-order valence-corrected chi connectivity index (χ4v) is 1.98. The van der Waals surface area contributed by atoms with Crippen LogP contribution in [0.4, 0.5) is 10.5 Å². The Morgan fingerprint density at radius 2 is 1.50 bits per heavy atom. The molecule has 0 fully saturated rings. The minimum atomic E-state index is -0.592. The highest BCUT2D eigenvalue weighted by molar-refractivity contribution is 5.95. The summed E-state index contributed by atoms with van der Waals surface area (Å²) in [7, 11) is 0. The zero-order chi connectivity index (χ0) is 19.3. The Labute approximate surface area is 151 Å². The van der Waals surface area contributed by atoms with Gasteiger partial charge in [0, 0.05) is 11.3 Å². The van der Waals surface area contributed by atoms with Gasteiger partial charge in [0.2, 0.25) is 0 Å². The topological polar surface area (TPSA) is 114 Å². The van der Waals surface area contributed by atoms with E-state index in [1.165, 1.54) is 0 Å². The molecule has 2 aromatic carbocycles. The molecule has 0 aliphatic heterocycles. The number of benzene rings is 2. The highest BCUT2D eigenvalue weighted by Gasteiger charge is 2.16. The molecule has 136 valence electrons. The number of nitrogens with one attached hydrogen (secondary N) is 2. The molecule has 0 unspecified atom stereocenters. The van der Waals surface area contributed by atoms with Crippen LogP contribution in [0.3, 0.4) is 0 Å². The van der Waals surface area contributed by atoms with Crippen molar-refractivity contribution in [1.82, 2.24) is 0 Å². The van der Waals surface area contributed by atoms with E-state index in [9.17, 15) is 9.59 Å². The van der Waals surface area contributed by atoms with Gasteiger partial charge in [-0.1, -0.05) is 0 Å². The highest BCUT2D eigenvalue weighted by Crippen LogP contribution is 2.16. The first-order valence-electron chi connectivity index (χ1n) is 7.91. The number of esters is 1. The lowest BCUT2D eigenvalue weighted by molar-refractivity contribution is 0.0635. The van der Waals surface area contributed by atoms with E-state index in [1.807, 2.05) is 0 Å². The minimum Gasteiger partial charge on any atom is -0.444 e. The maximum absolute atomic E-state index is 12.2. The summed E-state index contributed by atoms with van der Waals surface area (Å²) >= 11 is 0. The van der Waals surface area contributed by atoms with Crippen LogP contribution < -0.4 is 15.8 Å². The average molecular weight is 355 g/mol. The normalized spacial score (nSPS) is 10.7. The number of rotatable bonds is 4. The van der Waals surface area contributed by atoms with Crippen molar-refractivity contribution in [3.8, 4) is 5.75 Å². The molecular formula is C19H21N3O4. The Balaban J connectivity index is 1.97. The molecule has 0 saturated carbocycles. The molecule has 0 aliphatic carbocycles. The van der Waals surface area contributed by atoms with E-state index in [4.69, 9.17) is 20.6 Å². The van der Waals surface area contributed by atoms with Crippen molar-refractivity contribution in [3.05, 3.63) is 59.7 Å². The largest absolute Gasteiger partial charge is 0.444 e. The average Bonchev–Trinajstić information content (AvgIpc) is 2.54. The third-order valence-electron chi connectivity index (χ3n) is 3.14. The number of carbonyl (C=O) groups excluding carboxylic acids is 2. The van der Waals surface area contributed by atoms with Crippen LogP contribution in [0.1, 0.15) is 36.7 Å². The SMILES string of the molecule is CC(C)(C)OC(=O)Nc1ccc(C(=O)Oc2ccc(C(=N)N)cc2)cc1. The van der Waals surface area contributed by atoms with E-state index in [2.05, 4.69) is 5.32 Å². The number of ether oxygens (including phenoxy) is 2. The Kier molecular flexibility index (Phi) is 5.61. The van der Waals surface area contributed by atoms with Crippen molar-refractivity contribution in [2.45, 2.75) is 26.4 Å². The Bertz CT molecular complexity index is 806. The smallest absolute Gasteiger partial charge is 0.412 e. The third kappa shape index (κ3) is 5.62. The summed E-state index contributed by atoms with van der Waals surface area (Å²) in [6, 6.07) is 12.6. The fraction of sp³-hybridized carbons (Fsp3) is 0.211. The van der Waals surface area contributed by atoms with Crippen LogP contribution in [0, 0.1) is 5.41 Å². The molecule has 0 saturated heterocycles. The predicted molar refractivity (Wildman–Crippen MR) is 98.7 cm³/mol. The quantitative estimate of drug-likeness (QED) is 0.336. The van der Waals surface area contributed by atoms with Gasteiger partial charge in [-0.05, 0) is 69.3 Å². The molecule has 0 bridgehead atoms. The van der Waals surface area contributed by atoms with Crippen LogP contribution in [0.25, 0.3) is 0 Å². The summed E-state index contributed by atoms with van der Waals surface area (Å²) < 4.78 is 10.4. The molecule has 0 heterocycles. The zero-order valence-electron chi connectivity index (χ0n) is 14.8. The van der Waals surface area contributed by atoms with Crippen molar-refractivity contribution < 1.29 is 19.1 Å². The van der Waals surface area contributed by atoms with Gasteiger partial charge in [-0.25, -0.2) is 9.59 Å². The standard InChI is InChI=1S/C19H21N3O4/c1-19(2,3)26-18(24)22-14-8-4-13(5-9-14)17(23)25-15-10-6-12(7-11-15)16(20)21/h4-11H,1-3H3,(H3,20,21)(H,22,24). The lowest BCUT2D eigenvalue weighted by Gasteiger charge is -2.19. The highest BCUT2D eigenvalue weighted by atomic mass is 16.6. The molecule has 0 aromatic heterocycles. The monoisotopic (exact) mass is 355 g/mol. The molecule has 1 amide bonds. The van der Waals surface area contributed by atoms with Crippen LogP contribution in [-0.2, 0) is 4.74 Å². The third-order valence-corrected chi connectivity index (χ3v) is 3.14. The summed E-state index contributed by atoms with van der Waals surface area (Å²) in [6.45, 7) is 5.32.